The standard InChI is InChI=1S/C32H26O3/c1-32(26-14-18-29(34-2)19-15-26,28-13-12-23-8-6-7-11-25(23)22-28)27-16-20-30(21-17-27)35-31(33)24-9-4-3-5-10-24/h3-22H,1-2H3. The maximum atomic E-state index is 12.5. The third-order valence-corrected chi connectivity index (χ3v) is 6.65. The molecule has 1 unspecified atom stereocenters. The normalized spacial score (nSPS) is 12.6. The summed E-state index contributed by atoms with van der Waals surface area (Å²) in [4.78, 5) is 12.5. The summed E-state index contributed by atoms with van der Waals surface area (Å²) in [6, 6.07) is 40.0. The third kappa shape index (κ3) is 4.41. The van der Waals surface area contributed by atoms with Gasteiger partial charge in [-0.2, -0.15) is 0 Å². The second-order valence-corrected chi connectivity index (χ2v) is 8.70. The largest absolute Gasteiger partial charge is 0.497 e. The van der Waals surface area contributed by atoms with Gasteiger partial charge in [0.1, 0.15) is 11.5 Å². The van der Waals surface area contributed by atoms with Crippen LogP contribution < -0.4 is 9.47 Å². The molecule has 0 aliphatic heterocycles. The summed E-state index contributed by atoms with van der Waals surface area (Å²) in [5, 5.41) is 2.40. The number of benzene rings is 5. The molecule has 5 aromatic rings. The van der Waals surface area contributed by atoms with Crippen molar-refractivity contribution < 1.29 is 14.3 Å². The summed E-state index contributed by atoms with van der Waals surface area (Å²) in [6.45, 7) is 2.23. The van der Waals surface area contributed by atoms with Crippen molar-refractivity contribution in [1.29, 1.82) is 0 Å². The molecule has 35 heavy (non-hydrogen) atoms. The topological polar surface area (TPSA) is 35.5 Å². The summed E-state index contributed by atoms with van der Waals surface area (Å²) < 4.78 is 11.0. The van der Waals surface area contributed by atoms with Crippen LogP contribution in [0.4, 0.5) is 0 Å². The van der Waals surface area contributed by atoms with E-state index in [-0.39, 0.29) is 5.97 Å². The molecule has 0 saturated heterocycles. The van der Waals surface area contributed by atoms with E-state index in [1.54, 1.807) is 19.2 Å². The van der Waals surface area contributed by atoms with Crippen LogP contribution in [0, 0.1) is 0 Å². The first-order valence-corrected chi connectivity index (χ1v) is 11.6. The molecule has 0 amide bonds. The van der Waals surface area contributed by atoms with Crippen molar-refractivity contribution in [2.75, 3.05) is 7.11 Å². The van der Waals surface area contributed by atoms with Crippen LogP contribution in [-0.2, 0) is 5.41 Å². The average molecular weight is 459 g/mol. The smallest absolute Gasteiger partial charge is 0.343 e. The number of methoxy groups -OCH3 is 1. The van der Waals surface area contributed by atoms with Gasteiger partial charge in [0.15, 0.2) is 0 Å². The molecule has 0 aliphatic carbocycles. The highest BCUT2D eigenvalue weighted by Gasteiger charge is 2.31. The fraction of sp³-hybridized carbons (Fsp3) is 0.0938. The zero-order valence-electron chi connectivity index (χ0n) is 19.8. The lowest BCUT2D eigenvalue weighted by molar-refractivity contribution is 0.0734. The first-order valence-electron chi connectivity index (χ1n) is 11.6. The SMILES string of the molecule is COc1ccc(C(C)(c2ccc(OC(=O)c3ccccc3)cc2)c2ccc3ccccc3c2)cc1. The quantitative estimate of drug-likeness (QED) is 0.151. The van der Waals surface area contributed by atoms with Gasteiger partial charge in [0, 0.05) is 5.41 Å². The van der Waals surface area contributed by atoms with Crippen molar-refractivity contribution in [3.63, 3.8) is 0 Å². The monoisotopic (exact) mass is 458 g/mol. The summed E-state index contributed by atoms with van der Waals surface area (Å²) in [6.07, 6.45) is 0. The van der Waals surface area contributed by atoms with Gasteiger partial charge in [-0.3, -0.25) is 0 Å². The Morgan fingerprint density at radius 2 is 1.14 bits per heavy atom. The first kappa shape index (κ1) is 22.4. The molecule has 3 nitrogen and oxygen atoms in total. The van der Waals surface area contributed by atoms with E-state index in [9.17, 15) is 4.79 Å². The highest BCUT2D eigenvalue weighted by molar-refractivity contribution is 5.91. The minimum atomic E-state index is -0.432. The average Bonchev–Trinajstić information content (AvgIpc) is 2.93. The fourth-order valence-electron chi connectivity index (χ4n) is 4.52. The Morgan fingerprint density at radius 3 is 1.77 bits per heavy atom. The molecule has 172 valence electrons. The summed E-state index contributed by atoms with van der Waals surface area (Å²) >= 11 is 0. The van der Waals surface area contributed by atoms with Gasteiger partial charge < -0.3 is 9.47 Å². The fourth-order valence-corrected chi connectivity index (χ4v) is 4.52. The lowest BCUT2D eigenvalue weighted by Gasteiger charge is -2.32. The molecule has 0 bridgehead atoms. The number of fused-ring (bicyclic) bond motifs is 1. The highest BCUT2D eigenvalue weighted by atomic mass is 16.5. The van der Waals surface area contributed by atoms with E-state index >= 15 is 0 Å². The molecular formula is C32H26O3. The van der Waals surface area contributed by atoms with Crippen molar-refractivity contribution in [2.24, 2.45) is 0 Å². The number of carbonyl (C=O) groups is 1. The molecule has 1 atom stereocenters. The Hall–Kier alpha value is -4.37. The highest BCUT2D eigenvalue weighted by Crippen LogP contribution is 2.41. The molecule has 3 heteroatoms. The first-order chi connectivity index (χ1) is 17.1. The zero-order valence-corrected chi connectivity index (χ0v) is 19.8. The summed E-state index contributed by atoms with van der Waals surface area (Å²) in [5.41, 5.74) is 3.50. The van der Waals surface area contributed by atoms with Gasteiger partial charge in [-0.25, -0.2) is 4.79 Å². The van der Waals surface area contributed by atoms with Crippen LogP contribution in [0.25, 0.3) is 10.8 Å². The van der Waals surface area contributed by atoms with Gasteiger partial charge in [0.05, 0.1) is 12.7 Å². The number of hydrogen-bond donors (Lipinski definition) is 0. The number of esters is 1. The van der Waals surface area contributed by atoms with E-state index in [1.807, 2.05) is 54.6 Å². The zero-order chi connectivity index (χ0) is 24.3. The van der Waals surface area contributed by atoms with Crippen LogP contribution in [0.3, 0.4) is 0 Å². The van der Waals surface area contributed by atoms with Crippen molar-refractivity contribution in [2.45, 2.75) is 12.3 Å². The predicted octanol–water partition coefficient (Wildman–Crippen LogP) is 7.42. The number of rotatable bonds is 6. The Labute approximate surface area is 205 Å². The molecule has 0 aromatic heterocycles. The minimum absolute atomic E-state index is 0.370. The van der Waals surface area contributed by atoms with Gasteiger partial charge in [-0.05, 0) is 76.9 Å². The van der Waals surface area contributed by atoms with Gasteiger partial charge in [-0.1, -0.05) is 78.9 Å². The van der Waals surface area contributed by atoms with E-state index in [2.05, 4.69) is 61.5 Å². The lowest BCUT2D eigenvalue weighted by atomic mass is 9.71. The van der Waals surface area contributed by atoms with E-state index in [1.165, 1.54) is 16.3 Å². The Bertz CT molecular complexity index is 1460. The summed E-state index contributed by atoms with van der Waals surface area (Å²) in [7, 11) is 1.67. The van der Waals surface area contributed by atoms with Crippen molar-refractivity contribution >= 4 is 16.7 Å². The molecule has 0 saturated carbocycles. The van der Waals surface area contributed by atoms with E-state index in [0.717, 1.165) is 16.9 Å². The van der Waals surface area contributed by atoms with Gasteiger partial charge >= 0.3 is 5.97 Å². The maximum Gasteiger partial charge on any atom is 0.343 e. The van der Waals surface area contributed by atoms with Crippen molar-refractivity contribution in [3.05, 3.63) is 144 Å². The molecular weight excluding hydrogens is 432 g/mol. The van der Waals surface area contributed by atoms with Crippen LogP contribution in [-0.4, -0.2) is 13.1 Å². The Kier molecular flexibility index (Phi) is 6.07. The second kappa shape index (κ2) is 9.47. The van der Waals surface area contributed by atoms with Crippen LogP contribution in [0.2, 0.25) is 0 Å². The van der Waals surface area contributed by atoms with Crippen molar-refractivity contribution in [3.8, 4) is 11.5 Å². The summed E-state index contributed by atoms with van der Waals surface area (Å²) in [5.74, 6) is 0.960. The molecule has 0 spiro atoms. The minimum Gasteiger partial charge on any atom is -0.497 e. The van der Waals surface area contributed by atoms with Gasteiger partial charge in [0.25, 0.3) is 0 Å². The molecule has 0 radical (unpaired) electrons. The maximum absolute atomic E-state index is 12.5. The second-order valence-electron chi connectivity index (χ2n) is 8.70. The van der Waals surface area contributed by atoms with E-state index < -0.39 is 5.41 Å². The molecule has 5 rings (SSSR count). The third-order valence-electron chi connectivity index (χ3n) is 6.65. The number of hydrogen-bond acceptors (Lipinski definition) is 3. The molecule has 0 heterocycles. The molecule has 0 N–H and O–H groups in total. The number of ether oxygens (including phenoxy) is 2. The van der Waals surface area contributed by atoms with E-state index in [4.69, 9.17) is 9.47 Å². The Morgan fingerprint density at radius 1 is 0.600 bits per heavy atom. The molecule has 5 aromatic carbocycles. The van der Waals surface area contributed by atoms with Crippen molar-refractivity contribution in [1.82, 2.24) is 0 Å². The van der Waals surface area contributed by atoms with Crippen LogP contribution in [0.1, 0.15) is 34.0 Å². The lowest BCUT2D eigenvalue weighted by Crippen LogP contribution is -2.25. The molecule has 0 aliphatic rings. The van der Waals surface area contributed by atoms with Crippen LogP contribution >= 0.6 is 0 Å². The van der Waals surface area contributed by atoms with Crippen LogP contribution in [0.15, 0.2) is 121 Å². The van der Waals surface area contributed by atoms with Gasteiger partial charge in [0.2, 0.25) is 0 Å². The van der Waals surface area contributed by atoms with E-state index in [0.29, 0.717) is 11.3 Å². The Balaban J connectivity index is 1.55. The molecule has 0 fully saturated rings. The predicted molar refractivity (Wildman–Crippen MR) is 140 cm³/mol. The van der Waals surface area contributed by atoms with Crippen LogP contribution in [0.5, 0.6) is 11.5 Å². The van der Waals surface area contributed by atoms with Gasteiger partial charge in [-0.15, -0.1) is 0 Å². The number of carbonyl (C=O) groups excluding carboxylic acids is 1.